The Balaban J connectivity index is 0.000000222. The lowest BCUT2D eigenvalue weighted by Crippen LogP contribution is -2.29. The van der Waals surface area contributed by atoms with Crippen molar-refractivity contribution < 1.29 is 19.5 Å². The zero-order valence-corrected chi connectivity index (χ0v) is 18.7. The van der Waals surface area contributed by atoms with Gasteiger partial charge in [0.05, 0.1) is 17.7 Å². The van der Waals surface area contributed by atoms with Gasteiger partial charge in [-0.05, 0) is 58.5 Å². The Morgan fingerprint density at radius 2 is 1.43 bits per heavy atom. The van der Waals surface area contributed by atoms with E-state index in [9.17, 15) is 0 Å². The van der Waals surface area contributed by atoms with Crippen LogP contribution in [0, 0.1) is 0 Å². The van der Waals surface area contributed by atoms with Crippen LogP contribution in [0.4, 0.5) is 0 Å². The fourth-order valence-corrected chi connectivity index (χ4v) is 2.60. The van der Waals surface area contributed by atoms with Gasteiger partial charge in [-0.3, -0.25) is 0 Å². The van der Waals surface area contributed by atoms with Crippen molar-refractivity contribution in [2.75, 3.05) is 13.2 Å². The first kappa shape index (κ1) is 23.9. The van der Waals surface area contributed by atoms with E-state index in [-0.39, 0.29) is 0 Å². The second-order valence-electron chi connectivity index (χ2n) is 6.40. The summed E-state index contributed by atoms with van der Waals surface area (Å²) in [7, 11) is -1.43. The number of hydrogen-bond donors (Lipinski definition) is 2. The van der Waals surface area contributed by atoms with Crippen LogP contribution in [-0.4, -0.2) is 40.3 Å². The third kappa shape index (κ3) is 8.14. The minimum absolute atomic E-state index is 0.452. The van der Waals surface area contributed by atoms with Gasteiger partial charge in [0.15, 0.2) is 5.82 Å². The smallest absolute Gasteiger partial charge is 0.488 e. The molecule has 0 bridgehead atoms. The molecule has 0 atom stereocenters. The molecule has 0 unspecified atom stereocenters. The van der Waals surface area contributed by atoms with Gasteiger partial charge in [0, 0.05) is 18.0 Å². The van der Waals surface area contributed by atoms with Gasteiger partial charge >= 0.3 is 7.12 Å². The highest BCUT2D eigenvalue weighted by Gasteiger charge is 2.10. The van der Waals surface area contributed by atoms with Crippen molar-refractivity contribution in [2.24, 2.45) is 0 Å². The van der Waals surface area contributed by atoms with Crippen LogP contribution in [0.15, 0.2) is 65.4 Å². The van der Waals surface area contributed by atoms with Crippen molar-refractivity contribution in [3.05, 3.63) is 65.4 Å². The number of hydrogen-bond acceptors (Lipinski definition) is 6. The van der Waals surface area contributed by atoms with Gasteiger partial charge in [-0.25, -0.2) is 9.97 Å². The van der Waals surface area contributed by atoms with Crippen LogP contribution in [-0.2, 0) is 0 Å². The molecule has 2 N–H and O–H groups in total. The molecular weight excluding hydrogens is 447 g/mol. The van der Waals surface area contributed by atoms with Crippen LogP contribution in [0.1, 0.15) is 26.7 Å². The Bertz CT molecular complexity index is 894. The van der Waals surface area contributed by atoms with Gasteiger partial charge in [-0.2, -0.15) is 0 Å². The standard InChI is InChI=1S/C13H13BrN2O.C9H13BO3/c1-2-6-17-12-5-3-4-10(7-12)13-15-8-11(14)9-16-13;1-2-6-13-9-5-3-4-8(7-9)10(11)12/h3-5,7-9H,2,6H2,1H3;3-5,7,11-12H,2,6H2,1H3. The zero-order valence-electron chi connectivity index (χ0n) is 17.2. The van der Waals surface area contributed by atoms with E-state index in [4.69, 9.17) is 19.5 Å². The van der Waals surface area contributed by atoms with Gasteiger partial charge in [0.1, 0.15) is 11.5 Å². The topological polar surface area (TPSA) is 84.7 Å². The highest BCUT2D eigenvalue weighted by Crippen LogP contribution is 2.21. The third-order valence-corrected chi connectivity index (χ3v) is 4.22. The zero-order chi connectivity index (χ0) is 21.8. The average Bonchev–Trinajstić information content (AvgIpc) is 2.77. The molecule has 0 amide bonds. The molecule has 0 fully saturated rings. The lowest BCUT2D eigenvalue weighted by Gasteiger charge is -2.06. The minimum atomic E-state index is -1.43. The molecule has 6 nitrogen and oxygen atoms in total. The van der Waals surface area contributed by atoms with Crippen molar-refractivity contribution in [3.63, 3.8) is 0 Å². The predicted molar refractivity (Wildman–Crippen MR) is 123 cm³/mol. The third-order valence-electron chi connectivity index (χ3n) is 3.81. The molecule has 30 heavy (non-hydrogen) atoms. The largest absolute Gasteiger partial charge is 0.494 e. The quantitative estimate of drug-likeness (QED) is 0.484. The Labute approximate surface area is 186 Å². The highest BCUT2D eigenvalue weighted by atomic mass is 79.9. The highest BCUT2D eigenvalue weighted by molar-refractivity contribution is 9.10. The molecule has 0 aliphatic rings. The lowest BCUT2D eigenvalue weighted by molar-refractivity contribution is 0.317. The second-order valence-corrected chi connectivity index (χ2v) is 7.31. The van der Waals surface area contributed by atoms with E-state index in [0.29, 0.717) is 23.6 Å². The molecule has 0 spiro atoms. The number of halogens is 1. The summed E-state index contributed by atoms with van der Waals surface area (Å²) in [5.41, 5.74) is 1.42. The molecule has 0 radical (unpaired) electrons. The molecule has 2 aromatic carbocycles. The Morgan fingerprint density at radius 1 is 0.867 bits per heavy atom. The summed E-state index contributed by atoms with van der Waals surface area (Å²) in [6, 6.07) is 14.6. The summed E-state index contributed by atoms with van der Waals surface area (Å²) in [6.07, 6.45) is 5.41. The van der Waals surface area contributed by atoms with Crippen molar-refractivity contribution in [1.82, 2.24) is 9.97 Å². The van der Waals surface area contributed by atoms with Crippen LogP contribution in [0.3, 0.4) is 0 Å². The van der Waals surface area contributed by atoms with E-state index >= 15 is 0 Å². The Hall–Kier alpha value is -2.42. The lowest BCUT2D eigenvalue weighted by atomic mass is 9.80. The molecule has 0 saturated carbocycles. The molecule has 158 valence electrons. The monoisotopic (exact) mass is 472 g/mol. The van der Waals surface area contributed by atoms with Crippen LogP contribution in [0.2, 0.25) is 0 Å². The van der Waals surface area contributed by atoms with Crippen LogP contribution < -0.4 is 14.9 Å². The number of aromatic nitrogens is 2. The summed E-state index contributed by atoms with van der Waals surface area (Å²) in [6.45, 7) is 5.47. The van der Waals surface area contributed by atoms with E-state index < -0.39 is 7.12 Å². The van der Waals surface area contributed by atoms with Crippen molar-refractivity contribution in [3.8, 4) is 22.9 Å². The summed E-state index contributed by atoms with van der Waals surface area (Å²) in [4.78, 5) is 8.51. The van der Waals surface area contributed by atoms with Crippen LogP contribution in [0.5, 0.6) is 11.5 Å². The first-order valence-corrected chi connectivity index (χ1v) is 10.6. The number of nitrogens with zero attached hydrogens (tertiary/aromatic N) is 2. The Morgan fingerprint density at radius 3 is 2.00 bits per heavy atom. The minimum Gasteiger partial charge on any atom is -0.494 e. The fourth-order valence-electron chi connectivity index (χ4n) is 2.39. The van der Waals surface area contributed by atoms with E-state index in [0.717, 1.165) is 35.2 Å². The molecule has 0 aliphatic heterocycles. The molecular formula is C22H26BBrN2O4. The fraction of sp³-hybridized carbons (Fsp3) is 0.273. The predicted octanol–water partition coefficient (Wildman–Crippen LogP) is 3.85. The number of ether oxygens (including phenoxy) is 2. The maximum atomic E-state index is 8.87. The van der Waals surface area contributed by atoms with Crippen molar-refractivity contribution >= 4 is 28.5 Å². The molecule has 3 rings (SSSR count). The van der Waals surface area contributed by atoms with Gasteiger partial charge in [0.25, 0.3) is 0 Å². The maximum absolute atomic E-state index is 8.87. The van der Waals surface area contributed by atoms with Gasteiger partial charge < -0.3 is 19.5 Å². The van der Waals surface area contributed by atoms with E-state index in [1.54, 1.807) is 36.7 Å². The summed E-state index contributed by atoms with van der Waals surface area (Å²) in [5, 5.41) is 17.7. The second kappa shape index (κ2) is 13.0. The molecule has 3 aromatic rings. The van der Waals surface area contributed by atoms with Gasteiger partial charge in [0.2, 0.25) is 0 Å². The SMILES string of the molecule is CCCOc1cccc(-c2ncc(Br)cn2)c1.CCCOc1cccc(B(O)O)c1. The van der Waals surface area contributed by atoms with Crippen molar-refractivity contribution in [2.45, 2.75) is 26.7 Å². The van der Waals surface area contributed by atoms with E-state index in [2.05, 4.69) is 32.8 Å². The summed E-state index contributed by atoms with van der Waals surface area (Å²) < 4.78 is 11.8. The molecule has 8 heteroatoms. The van der Waals surface area contributed by atoms with Crippen molar-refractivity contribution in [1.29, 1.82) is 0 Å². The first-order chi connectivity index (χ1) is 14.5. The maximum Gasteiger partial charge on any atom is 0.488 e. The molecule has 1 aromatic heterocycles. The first-order valence-electron chi connectivity index (χ1n) is 9.83. The molecule has 0 saturated heterocycles. The van der Waals surface area contributed by atoms with Crippen LogP contribution >= 0.6 is 15.9 Å². The van der Waals surface area contributed by atoms with E-state index in [1.807, 2.05) is 31.2 Å². The Kier molecular flexibility index (Phi) is 10.3. The average molecular weight is 473 g/mol. The number of rotatable bonds is 8. The summed E-state index contributed by atoms with van der Waals surface area (Å²) in [5.74, 6) is 2.23. The van der Waals surface area contributed by atoms with Crippen LogP contribution in [0.25, 0.3) is 11.4 Å². The normalized spacial score (nSPS) is 10.0. The molecule has 0 aliphatic carbocycles. The number of benzene rings is 2. The molecule has 1 heterocycles. The van der Waals surface area contributed by atoms with Gasteiger partial charge in [-0.1, -0.05) is 38.1 Å². The summed E-state index contributed by atoms with van der Waals surface area (Å²) >= 11 is 3.32. The van der Waals surface area contributed by atoms with Gasteiger partial charge in [-0.15, -0.1) is 0 Å². The van der Waals surface area contributed by atoms with E-state index in [1.165, 1.54) is 0 Å².